The molecule has 2 heterocycles. The molecule has 0 saturated heterocycles. The second-order valence-corrected chi connectivity index (χ2v) is 5.36. The Morgan fingerprint density at radius 2 is 2.26 bits per heavy atom. The smallest absolute Gasteiger partial charge is 0.271 e. The molecular formula is C13H20N4O2. The van der Waals surface area contributed by atoms with Gasteiger partial charge in [0.25, 0.3) is 5.91 Å². The molecule has 0 radical (unpaired) electrons. The number of nitrogens with zero attached hydrogens (tertiary/aromatic N) is 2. The molecule has 1 aliphatic carbocycles. The lowest BCUT2D eigenvalue weighted by Gasteiger charge is -2.27. The zero-order valence-corrected chi connectivity index (χ0v) is 10.9. The third-order valence-electron chi connectivity index (χ3n) is 3.91. The Morgan fingerprint density at radius 3 is 3.05 bits per heavy atom. The van der Waals surface area contributed by atoms with Crippen LogP contribution in [-0.2, 0) is 6.54 Å². The zero-order chi connectivity index (χ0) is 13.2. The molecule has 2 aliphatic rings. The lowest BCUT2D eigenvalue weighted by Crippen LogP contribution is -2.45. The number of imidazole rings is 1. The number of amides is 1. The van der Waals surface area contributed by atoms with Crippen LogP contribution in [0.3, 0.4) is 0 Å². The summed E-state index contributed by atoms with van der Waals surface area (Å²) in [4.78, 5) is 16.4. The van der Waals surface area contributed by atoms with Crippen molar-refractivity contribution in [3.8, 4) is 0 Å². The van der Waals surface area contributed by atoms with Crippen LogP contribution < -0.4 is 10.6 Å². The summed E-state index contributed by atoms with van der Waals surface area (Å²) < 4.78 is 1.97. The fourth-order valence-corrected chi connectivity index (χ4v) is 2.81. The molecule has 19 heavy (non-hydrogen) atoms. The monoisotopic (exact) mass is 264 g/mol. The number of carbonyl (C=O) groups is 1. The first-order valence-corrected chi connectivity index (χ1v) is 7.04. The van der Waals surface area contributed by atoms with Crippen molar-refractivity contribution >= 4 is 11.9 Å². The number of rotatable bonds is 2. The van der Waals surface area contributed by atoms with Crippen molar-refractivity contribution < 1.29 is 9.90 Å². The normalized spacial score (nSPS) is 26.4. The molecule has 3 N–H and O–H groups in total. The number of aliphatic hydroxyl groups is 1. The molecule has 1 aliphatic heterocycles. The SMILES string of the molecule is O=C(NC1CCCCC1O)c1cn2c(n1)NCCC2. The highest BCUT2D eigenvalue weighted by molar-refractivity contribution is 5.92. The molecule has 2 atom stereocenters. The first kappa shape index (κ1) is 12.5. The summed E-state index contributed by atoms with van der Waals surface area (Å²) in [5.41, 5.74) is 0.433. The molecule has 1 aromatic heterocycles. The van der Waals surface area contributed by atoms with E-state index in [1.54, 1.807) is 6.20 Å². The minimum Gasteiger partial charge on any atom is -0.391 e. The topological polar surface area (TPSA) is 79.2 Å². The molecule has 0 aromatic carbocycles. The molecule has 0 bridgehead atoms. The lowest BCUT2D eigenvalue weighted by atomic mass is 9.92. The first-order valence-electron chi connectivity index (χ1n) is 7.04. The largest absolute Gasteiger partial charge is 0.391 e. The second kappa shape index (κ2) is 5.21. The fraction of sp³-hybridized carbons (Fsp3) is 0.692. The van der Waals surface area contributed by atoms with Gasteiger partial charge in [-0.3, -0.25) is 4.79 Å². The van der Waals surface area contributed by atoms with Gasteiger partial charge in [0.05, 0.1) is 12.1 Å². The van der Waals surface area contributed by atoms with Gasteiger partial charge in [-0.1, -0.05) is 12.8 Å². The van der Waals surface area contributed by atoms with E-state index in [2.05, 4.69) is 15.6 Å². The summed E-state index contributed by atoms with van der Waals surface area (Å²) in [5.74, 6) is 0.579. The number of carbonyl (C=O) groups excluding carboxylic acids is 1. The van der Waals surface area contributed by atoms with Crippen LogP contribution in [0.2, 0.25) is 0 Å². The van der Waals surface area contributed by atoms with Crippen molar-refractivity contribution in [2.45, 2.75) is 50.8 Å². The Bertz CT molecular complexity index is 448. The van der Waals surface area contributed by atoms with E-state index in [0.29, 0.717) is 5.69 Å². The predicted octanol–water partition coefficient (Wildman–Crippen LogP) is 0.732. The Balaban J connectivity index is 1.68. The zero-order valence-electron chi connectivity index (χ0n) is 10.9. The van der Waals surface area contributed by atoms with Crippen LogP contribution in [0.15, 0.2) is 6.20 Å². The van der Waals surface area contributed by atoms with Gasteiger partial charge in [0.1, 0.15) is 5.69 Å². The van der Waals surface area contributed by atoms with Gasteiger partial charge in [-0.2, -0.15) is 0 Å². The number of aromatic nitrogens is 2. The van der Waals surface area contributed by atoms with Crippen molar-refractivity contribution in [2.75, 3.05) is 11.9 Å². The van der Waals surface area contributed by atoms with Crippen molar-refractivity contribution in [3.05, 3.63) is 11.9 Å². The Morgan fingerprint density at radius 1 is 1.42 bits per heavy atom. The van der Waals surface area contributed by atoms with E-state index in [1.807, 2.05) is 4.57 Å². The predicted molar refractivity (Wildman–Crippen MR) is 71.1 cm³/mol. The molecule has 6 heteroatoms. The van der Waals surface area contributed by atoms with E-state index in [-0.39, 0.29) is 11.9 Å². The average Bonchev–Trinajstić information content (AvgIpc) is 2.85. The fourth-order valence-electron chi connectivity index (χ4n) is 2.81. The minimum atomic E-state index is -0.423. The molecule has 2 unspecified atom stereocenters. The van der Waals surface area contributed by atoms with Crippen molar-refractivity contribution in [3.63, 3.8) is 0 Å². The third-order valence-corrected chi connectivity index (χ3v) is 3.91. The van der Waals surface area contributed by atoms with Crippen LogP contribution in [0.5, 0.6) is 0 Å². The minimum absolute atomic E-state index is 0.132. The van der Waals surface area contributed by atoms with Crippen LogP contribution >= 0.6 is 0 Å². The van der Waals surface area contributed by atoms with Crippen molar-refractivity contribution in [1.29, 1.82) is 0 Å². The van der Waals surface area contributed by atoms with Crippen molar-refractivity contribution in [2.24, 2.45) is 0 Å². The van der Waals surface area contributed by atoms with Gasteiger partial charge in [-0.15, -0.1) is 0 Å². The highest BCUT2D eigenvalue weighted by Crippen LogP contribution is 2.19. The van der Waals surface area contributed by atoms with Crippen LogP contribution in [0.4, 0.5) is 5.95 Å². The summed E-state index contributed by atoms with van der Waals surface area (Å²) in [6.45, 7) is 1.80. The molecule has 1 saturated carbocycles. The Hall–Kier alpha value is -1.56. The van der Waals surface area contributed by atoms with Crippen molar-refractivity contribution in [1.82, 2.24) is 14.9 Å². The Labute approximate surface area is 112 Å². The molecule has 1 fully saturated rings. The number of hydrogen-bond donors (Lipinski definition) is 3. The maximum Gasteiger partial charge on any atom is 0.271 e. The molecule has 3 rings (SSSR count). The molecular weight excluding hydrogens is 244 g/mol. The summed E-state index contributed by atoms with van der Waals surface area (Å²) in [7, 11) is 0. The first-order chi connectivity index (χ1) is 9.24. The standard InChI is InChI=1S/C13H20N4O2/c18-11-5-2-1-4-9(11)15-12(19)10-8-17-7-3-6-14-13(17)16-10/h8-9,11,18H,1-7H2,(H,14,16)(H,15,19). The average molecular weight is 264 g/mol. The summed E-state index contributed by atoms with van der Waals surface area (Å²) in [6.07, 6.45) is 6.12. The van der Waals surface area contributed by atoms with Gasteiger partial charge in [0.2, 0.25) is 5.95 Å². The third kappa shape index (κ3) is 2.58. The van der Waals surface area contributed by atoms with Crippen LogP contribution in [0.25, 0.3) is 0 Å². The van der Waals surface area contributed by atoms with Gasteiger partial charge in [-0.25, -0.2) is 4.98 Å². The van der Waals surface area contributed by atoms with E-state index in [0.717, 1.165) is 51.1 Å². The number of aryl methyl sites for hydroxylation is 1. The Kier molecular flexibility index (Phi) is 3.42. The molecule has 6 nitrogen and oxygen atoms in total. The highest BCUT2D eigenvalue weighted by atomic mass is 16.3. The van der Waals surface area contributed by atoms with Gasteiger partial charge < -0.3 is 20.3 Å². The van der Waals surface area contributed by atoms with Crippen LogP contribution in [0, 0.1) is 0 Å². The summed E-state index contributed by atoms with van der Waals surface area (Å²) in [6, 6.07) is -0.132. The molecule has 1 amide bonds. The van der Waals surface area contributed by atoms with E-state index >= 15 is 0 Å². The maximum atomic E-state index is 12.2. The number of aliphatic hydroxyl groups excluding tert-OH is 1. The molecule has 1 aromatic rings. The molecule has 104 valence electrons. The summed E-state index contributed by atoms with van der Waals surface area (Å²) >= 11 is 0. The summed E-state index contributed by atoms with van der Waals surface area (Å²) in [5, 5.41) is 15.9. The van der Waals surface area contributed by atoms with Crippen LogP contribution in [0.1, 0.15) is 42.6 Å². The second-order valence-electron chi connectivity index (χ2n) is 5.36. The van der Waals surface area contributed by atoms with Gasteiger partial charge >= 0.3 is 0 Å². The number of hydrogen-bond acceptors (Lipinski definition) is 4. The quantitative estimate of drug-likeness (QED) is 0.736. The van der Waals surface area contributed by atoms with E-state index in [4.69, 9.17) is 0 Å². The molecule has 0 spiro atoms. The number of nitrogens with one attached hydrogen (secondary N) is 2. The van der Waals surface area contributed by atoms with Gasteiger partial charge in [-0.05, 0) is 19.3 Å². The number of fused-ring (bicyclic) bond motifs is 1. The van der Waals surface area contributed by atoms with Gasteiger partial charge in [0, 0.05) is 19.3 Å². The lowest BCUT2D eigenvalue weighted by molar-refractivity contribution is 0.0714. The van der Waals surface area contributed by atoms with E-state index in [1.165, 1.54) is 0 Å². The van der Waals surface area contributed by atoms with E-state index in [9.17, 15) is 9.90 Å². The van der Waals surface area contributed by atoms with Crippen LogP contribution in [-0.4, -0.2) is 39.3 Å². The highest BCUT2D eigenvalue weighted by Gasteiger charge is 2.26. The van der Waals surface area contributed by atoms with Gasteiger partial charge in [0.15, 0.2) is 0 Å². The van der Waals surface area contributed by atoms with E-state index < -0.39 is 6.10 Å². The number of anilines is 1. The maximum absolute atomic E-state index is 12.2.